The Labute approximate surface area is 110 Å². The second-order valence-electron chi connectivity index (χ2n) is 5.34. The van der Waals surface area contributed by atoms with E-state index < -0.39 is 0 Å². The van der Waals surface area contributed by atoms with Gasteiger partial charge in [-0.15, -0.1) is 0 Å². The van der Waals surface area contributed by atoms with Crippen molar-refractivity contribution in [2.45, 2.75) is 12.1 Å². The number of benzene rings is 1. The molecule has 4 rings (SSSR count). The van der Waals surface area contributed by atoms with Gasteiger partial charge in [0.1, 0.15) is 6.10 Å². The lowest BCUT2D eigenvalue weighted by Crippen LogP contribution is -2.59. The molecule has 3 aliphatic rings. The molecule has 5 atom stereocenters. The monoisotopic (exact) mass is 255 g/mol. The molecule has 0 unspecified atom stereocenters. The predicted molar refractivity (Wildman–Crippen MR) is 67.2 cm³/mol. The number of hydrogen-bond acceptors (Lipinski definition) is 3. The van der Waals surface area contributed by atoms with Gasteiger partial charge < -0.3 is 10.1 Å². The van der Waals surface area contributed by atoms with Gasteiger partial charge in [0.2, 0.25) is 5.91 Å². The van der Waals surface area contributed by atoms with E-state index >= 15 is 0 Å². The number of hydrogen-bond donors (Lipinski definition) is 1. The first kappa shape index (κ1) is 10.8. The standard InChI is InChI=1S/C15H13NO3/c17-14-11-9-6-7-10(12(11)16-14)13(9)19-15(18)8-4-2-1-3-5-8/h1-7,9-13H,(H,16,17)/t9-,10-,11-,12-,13+/m1/s1. The highest BCUT2D eigenvalue weighted by Gasteiger charge is 2.62. The van der Waals surface area contributed by atoms with Crippen molar-refractivity contribution in [1.29, 1.82) is 0 Å². The summed E-state index contributed by atoms with van der Waals surface area (Å²) in [5, 5.41) is 2.90. The molecular weight excluding hydrogens is 242 g/mol. The van der Waals surface area contributed by atoms with Crippen LogP contribution in [0.25, 0.3) is 0 Å². The largest absolute Gasteiger partial charge is 0.457 e. The van der Waals surface area contributed by atoms with Crippen LogP contribution in [0, 0.1) is 17.8 Å². The van der Waals surface area contributed by atoms with Crippen LogP contribution in [0.15, 0.2) is 42.5 Å². The van der Waals surface area contributed by atoms with Gasteiger partial charge in [-0.3, -0.25) is 4.79 Å². The quantitative estimate of drug-likeness (QED) is 0.490. The number of ether oxygens (including phenoxy) is 1. The molecule has 2 bridgehead atoms. The van der Waals surface area contributed by atoms with E-state index in [0.717, 1.165) is 0 Å². The lowest BCUT2D eigenvalue weighted by molar-refractivity contribution is -0.135. The van der Waals surface area contributed by atoms with Crippen molar-refractivity contribution in [3.05, 3.63) is 48.0 Å². The summed E-state index contributed by atoms with van der Waals surface area (Å²) < 4.78 is 5.62. The maximum Gasteiger partial charge on any atom is 0.338 e. The summed E-state index contributed by atoms with van der Waals surface area (Å²) in [5.41, 5.74) is 0.556. The fourth-order valence-corrected chi connectivity index (χ4v) is 3.47. The maximum atomic E-state index is 12.1. The van der Waals surface area contributed by atoms with Gasteiger partial charge >= 0.3 is 5.97 Å². The molecule has 0 aromatic heterocycles. The molecule has 4 heteroatoms. The molecule has 1 heterocycles. The van der Waals surface area contributed by atoms with Crippen molar-refractivity contribution >= 4 is 11.9 Å². The fourth-order valence-electron chi connectivity index (χ4n) is 3.47. The van der Waals surface area contributed by atoms with Crippen LogP contribution in [0.1, 0.15) is 10.4 Å². The van der Waals surface area contributed by atoms with Gasteiger partial charge in [0.05, 0.1) is 17.5 Å². The lowest BCUT2D eigenvalue weighted by atomic mass is 9.82. The van der Waals surface area contributed by atoms with E-state index in [1.807, 2.05) is 24.3 Å². The summed E-state index contributed by atoms with van der Waals surface area (Å²) in [6.45, 7) is 0. The van der Waals surface area contributed by atoms with Crippen molar-refractivity contribution in [3.63, 3.8) is 0 Å². The number of fused-ring (bicyclic) bond motifs is 5. The Hall–Kier alpha value is -2.10. The first-order valence-corrected chi connectivity index (χ1v) is 6.50. The molecule has 0 radical (unpaired) electrons. The van der Waals surface area contributed by atoms with E-state index in [1.54, 1.807) is 12.1 Å². The van der Waals surface area contributed by atoms with Crippen LogP contribution < -0.4 is 5.32 Å². The van der Waals surface area contributed by atoms with Crippen LogP contribution in [0.3, 0.4) is 0 Å². The maximum absolute atomic E-state index is 12.1. The highest BCUT2D eigenvalue weighted by atomic mass is 16.5. The van der Waals surface area contributed by atoms with Crippen LogP contribution in [-0.2, 0) is 9.53 Å². The van der Waals surface area contributed by atoms with Gasteiger partial charge in [0.15, 0.2) is 0 Å². The van der Waals surface area contributed by atoms with Crippen molar-refractivity contribution < 1.29 is 14.3 Å². The van der Waals surface area contributed by atoms with Gasteiger partial charge in [0, 0.05) is 11.8 Å². The minimum atomic E-state index is -0.307. The molecule has 1 N–H and O–H groups in total. The van der Waals surface area contributed by atoms with E-state index in [2.05, 4.69) is 11.4 Å². The second-order valence-corrected chi connectivity index (χ2v) is 5.34. The molecule has 96 valence electrons. The van der Waals surface area contributed by atoms with Crippen molar-refractivity contribution in [1.82, 2.24) is 5.32 Å². The zero-order chi connectivity index (χ0) is 13.0. The first-order chi connectivity index (χ1) is 9.25. The molecule has 0 spiro atoms. The van der Waals surface area contributed by atoms with Crippen molar-refractivity contribution in [2.24, 2.45) is 17.8 Å². The molecule has 1 amide bonds. The average Bonchev–Trinajstić information content (AvgIpc) is 2.90. The number of β-lactam (4-membered cyclic amide) rings is 1. The minimum Gasteiger partial charge on any atom is -0.457 e. The molecule has 2 fully saturated rings. The number of carbonyl (C=O) groups is 2. The molecule has 1 saturated heterocycles. The van der Waals surface area contributed by atoms with Crippen molar-refractivity contribution in [3.8, 4) is 0 Å². The van der Waals surface area contributed by atoms with Crippen LogP contribution >= 0.6 is 0 Å². The molecule has 1 saturated carbocycles. The Morgan fingerprint density at radius 3 is 2.53 bits per heavy atom. The van der Waals surface area contributed by atoms with Gasteiger partial charge in [-0.05, 0) is 12.1 Å². The van der Waals surface area contributed by atoms with Crippen molar-refractivity contribution in [2.75, 3.05) is 0 Å². The van der Waals surface area contributed by atoms with Crippen LogP contribution in [-0.4, -0.2) is 24.0 Å². The zero-order valence-electron chi connectivity index (χ0n) is 10.2. The van der Waals surface area contributed by atoms with Gasteiger partial charge in [-0.2, -0.15) is 0 Å². The van der Waals surface area contributed by atoms with E-state index in [4.69, 9.17) is 4.74 Å². The highest BCUT2D eigenvalue weighted by Crippen LogP contribution is 2.49. The molecule has 1 aromatic rings. The average molecular weight is 255 g/mol. The summed E-state index contributed by atoms with van der Waals surface area (Å²) in [4.78, 5) is 23.6. The zero-order valence-corrected chi connectivity index (χ0v) is 10.2. The molecule has 1 aliphatic heterocycles. The molecular formula is C15H13NO3. The normalized spacial score (nSPS) is 37.5. The van der Waals surface area contributed by atoms with Crippen LogP contribution in [0.4, 0.5) is 0 Å². The Bertz CT molecular complexity index is 580. The van der Waals surface area contributed by atoms with E-state index in [1.165, 1.54) is 0 Å². The number of esters is 1. The second kappa shape index (κ2) is 3.70. The van der Waals surface area contributed by atoms with Crippen LogP contribution in [0.5, 0.6) is 0 Å². The van der Waals surface area contributed by atoms with Gasteiger partial charge in [-0.1, -0.05) is 30.4 Å². The number of rotatable bonds is 2. The Morgan fingerprint density at radius 1 is 1.11 bits per heavy atom. The summed E-state index contributed by atoms with van der Waals surface area (Å²) in [6, 6.07) is 9.13. The third kappa shape index (κ3) is 1.40. The molecule has 4 nitrogen and oxygen atoms in total. The Balaban J connectivity index is 1.53. The van der Waals surface area contributed by atoms with Gasteiger partial charge in [0.25, 0.3) is 0 Å². The SMILES string of the molecule is O=C(O[C@@H]1[C@@H]2C=C[C@@H]1[C@H]1C(=O)N[C@H]21)c1ccccc1. The number of amides is 1. The summed E-state index contributed by atoms with van der Waals surface area (Å²) in [7, 11) is 0. The van der Waals surface area contributed by atoms with E-state index in [9.17, 15) is 9.59 Å². The summed E-state index contributed by atoms with van der Waals surface area (Å²) in [5.74, 6) is -0.0268. The Morgan fingerprint density at radius 2 is 1.84 bits per heavy atom. The minimum absolute atomic E-state index is 0.00331. The molecule has 2 aliphatic carbocycles. The predicted octanol–water partition coefficient (Wildman–Crippen LogP) is 1.14. The third-order valence-corrected chi connectivity index (χ3v) is 4.39. The van der Waals surface area contributed by atoms with E-state index in [0.29, 0.717) is 5.56 Å². The van der Waals surface area contributed by atoms with Gasteiger partial charge in [-0.25, -0.2) is 4.79 Å². The third-order valence-electron chi connectivity index (χ3n) is 4.39. The lowest BCUT2D eigenvalue weighted by Gasteiger charge is -2.36. The fraction of sp³-hybridized carbons (Fsp3) is 0.333. The summed E-state index contributed by atoms with van der Waals surface area (Å²) in [6.07, 6.45) is 3.89. The highest BCUT2D eigenvalue weighted by molar-refractivity contribution is 5.90. The summed E-state index contributed by atoms with van der Waals surface area (Å²) >= 11 is 0. The first-order valence-electron chi connectivity index (χ1n) is 6.50. The topological polar surface area (TPSA) is 55.4 Å². The Kier molecular flexibility index (Phi) is 2.10. The van der Waals surface area contributed by atoms with Crippen LogP contribution in [0.2, 0.25) is 0 Å². The number of nitrogens with one attached hydrogen (secondary N) is 1. The number of carbonyl (C=O) groups excluding carboxylic acids is 2. The molecule has 1 aromatic carbocycles. The molecule has 19 heavy (non-hydrogen) atoms. The van der Waals surface area contributed by atoms with E-state index in [-0.39, 0.29) is 41.8 Å². The smallest absolute Gasteiger partial charge is 0.338 e.